The molecule has 2 rings (SSSR count). The van der Waals surface area contributed by atoms with Crippen molar-refractivity contribution in [1.82, 2.24) is 5.32 Å². The Kier molecular flexibility index (Phi) is 3.27. The Bertz CT molecular complexity index is 425. The van der Waals surface area contributed by atoms with Crippen LogP contribution >= 0.6 is 11.3 Å². The number of carbonyl (C=O) groups is 1. The van der Waals surface area contributed by atoms with E-state index in [-0.39, 0.29) is 18.4 Å². The summed E-state index contributed by atoms with van der Waals surface area (Å²) in [6.07, 6.45) is 0.939. The number of hydrogen-bond donors (Lipinski definition) is 2. The van der Waals surface area contributed by atoms with Gasteiger partial charge in [-0.3, -0.25) is 4.79 Å². The van der Waals surface area contributed by atoms with Crippen molar-refractivity contribution in [3.63, 3.8) is 0 Å². The number of aryl methyl sites for hydroxylation is 1. The highest BCUT2D eigenvalue weighted by atomic mass is 32.1. The van der Waals surface area contributed by atoms with Crippen LogP contribution in [0.4, 0.5) is 0 Å². The van der Waals surface area contributed by atoms with E-state index in [1.165, 1.54) is 10.4 Å². The van der Waals surface area contributed by atoms with E-state index in [0.29, 0.717) is 5.92 Å². The van der Waals surface area contributed by atoms with Gasteiger partial charge >= 0.3 is 0 Å². The normalized spacial score (nSPS) is 23.5. The van der Waals surface area contributed by atoms with Gasteiger partial charge in [-0.05, 0) is 44.2 Å². The molecule has 94 valence electrons. The summed E-state index contributed by atoms with van der Waals surface area (Å²) in [5.41, 5.74) is 0.769. The predicted molar refractivity (Wildman–Crippen MR) is 69.2 cm³/mol. The summed E-state index contributed by atoms with van der Waals surface area (Å²) in [5.74, 6) is 0.560. The second-order valence-electron chi connectivity index (χ2n) is 5.45. The number of rotatable bonds is 4. The van der Waals surface area contributed by atoms with Crippen LogP contribution < -0.4 is 5.32 Å². The Balaban J connectivity index is 1.95. The predicted octanol–water partition coefficient (Wildman–Crippen LogP) is 2.05. The van der Waals surface area contributed by atoms with Crippen molar-refractivity contribution < 1.29 is 9.90 Å². The van der Waals surface area contributed by atoms with Crippen LogP contribution in [0.1, 0.15) is 36.6 Å². The maximum absolute atomic E-state index is 12.0. The van der Waals surface area contributed by atoms with E-state index in [0.717, 1.165) is 6.42 Å². The van der Waals surface area contributed by atoms with E-state index in [1.807, 2.05) is 13.8 Å². The quantitative estimate of drug-likeness (QED) is 0.863. The fourth-order valence-electron chi connectivity index (χ4n) is 2.00. The first-order valence-electron chi connectivity index (χ1n) is 5.91. The highest BCUT2D eigenvalue weighted by molar-refractivity contribution is 7.10. The van der Waals surface area contributed by atoms with Crippen molar-refractivity contribution in [2.24, 2.45) is 5.92 Å². The highest BCUT2D eigenvalue weighted by Gasteiger charge is 2.46. The van der Waals surface area contributed by atoms with E-state index in [9.17, 15) is 4.79 Å². The summed E-state index contributed by atoms with van der Waals surface area (Å²) < 4.78 is 0. The molecule has 1 aliphatic carbocycles. The van der Waals surface area contributed by atoms with Crippen LogP contribution in [-0.4, -0.2) is 23.2 Å². The zero-order valence-electron chi connectivity index (χ0n) is 10.5. The van der Waals surface area contributed by atoms with Crippen molar-refractivity contribution in [1.29, 1.82) is 0 Å². The van der Waals surface area contributed by atoms with Gasteiger partial charge in [0.15, 0.2) is 0 Å². The third-order valence-electron chi connectivity index (χ3n) is 3.22. The zero-order valence-corrected chi connectivity index (χ0v) is 11.3. The number of thiophene rings is 1. The molecule has 4 heteroatoms. The molecule has 0 aromatic carbocycles. The topological polar surface area (TPSA) is 49.3 Å². The van der Waals surface area contributed by atoms with E-state index >= 15 is 0 Å². The number of aliphatic hydroxyl groups is 1. The average molecular weight is 253 g/mol. The van der Waals surface area contributed by atoms with Gasteiger partial charge in [-0.25, -0.2) is 0 Å². The van der Waals surface area contributed by atoms with Gasteiger partial charge < -0.3 is 10.4 Å². The van der Waals surface area contributed by atoms with Crippen LogP contribution in [0.25, 0.3) is 0 Å². The van der Waals surface area contributed by atoms with Crippen LogP contribution in [0.2, 0.25) is 0 Å². The van der Waals surface area contributed by atoms with E-state index < -0.39 is 5.54 Å². The van der Waals surface area contributed by atoms with Crippen LogP contribution in [0.5, 0.6) is 0 Å². The van der Waals surface area contributed by atoms with Gasteiger partial charge in [0.05, 0.1) is 12.1 Å². The molecule has 0 saturated heterocycles. The molecule has 0 spiro atoms. The zero-order chi connectivity index (χ0) is 12.6. The van der Waals surface area contributed by atoms with Crippen LogP contribution in [0.15, 0.2) is 11.4 Å². The lowest BCUT2D eigenvalue weighted by Crippen LogP contribution is -2.47. The SMILES string of the molecule is Cc1ccsc1[C@H]1C[C@@H]1C(=O)NC(C)(C)CO. The van der Waals surface area contributed by atoms with Crippen LogP contribution in [0.3, 0.4) is 0 Å². The molecule has 1 fully saturated rings. The molecule has 1 aromatic rings. The molecule has 1 saturated carbocycles. The van der Waals surface area contributed by atoms with Crippen LogP contribution in [-0.2, 0) is 4.79 Å². The maximum atomic E-state index is 12.0. The van der Waals surface area contributed by atoms with E-state index in [2.05, 4.69) is 23.7 Å². The third-order valence-corrected chi connectivity index (χ3v) is 4.37. The second-order valence-corrected chi connectivity index (χ2v) is 6.40. The lowest BCUT2D eigenvalue weighted by Gasteiger charge is -2.23. The largest absolute Gasteiger partial charge is 0.394 e. The third kappa shape index (κ3) is 2.69. The molecule has 0 aliphatic heterocycles. The molecule has 0 unspecified atom stereocenters. The Hall–Kier alpha value is -0.870. The molecule has 1 aromatic heterocycles. The van der Waals surface area contributed by atoms with Crippen molar-refractivity contribution in [2.75, 3.05) is 6.61 Å². The van der Waals surface area contributed by atoms with Crippen LogP contribution in [0, 0.1) is 12.8 Å². The standard InChI is InChI=1S/C13H19NO2S/c1-8-4-5-17-11(8)9-6-10(9)12(16)14-13(2,3)7-15/h4-5,9-10,15H,6-7H2,1-3H3,(H,14,16)/t9-,10-/m0/s1. The smallest absolute Gasteiger partial charge is 0.224 e. The number of carbonyl (C=O) groups excluding carboxylic acids is 1. The molecule has 1 heterocycles. The number of amides is 1. The molecule has 1 aliphatic rings. The summed E-state index contributed by atoms with van der Waals surface area (Å²) in [4.78, 5) is 13.3. The maximum Gasteiger partial charge on any atom is 0.224 e. The van der Waals surface area contributed by atoms with Gasteiger partial charge in [-0.15, -0.1) is 11.3 Å². The molecule has 1 amide bonds. The Morgan fingerprint density at radius 3 is 2.88 bits per heavy atom. The van der Waals surface area contributed by atoms with Crippen molar-refractivity contribution >= 4 is 17.2 Å². The van der Waals surface area contributed by atoms with E-state index in [4.69, 9.17) is 5.11 Å². The Morgan fingerprint density at radius 2 is 2.35 bits per heavy atom. The summed E-state index contributed by atoms with van der Waals surface area (Å²) in [5, 5.41) is 14.1. The van der Waals surface area contributed by atoms with Crippen molar-refractivity contribution in [2.45, 2.75) is 38.6 Å². The number of aliphatic hydroxyl groups excluding tert-OH is 1. The molecule has 2 atom stereocenters. The van der Waals surface area contributed by atoms with Crippen molar-refractivity contribution in [3.05, 3.63) is 21.9 Å². The van der Waals surface area contributed by atoms with Gasteiger partial charge in [0.25, 0.3) is 0 Å². The Labute approximate surface area is 106 Å². The summed E-state index contributed by atoms with van der Waals surface area (Å²) in [6, 6.07) is 2.10. The minimum Gasteiger partial charge on any atom is -0.394 e. The highest BCUT2D eigenvalue weighted by Crippen LogP contribution is 2.50. The molecule has 17 heavy (non-hydrogen) atoms. The monoisotopic (exact) mass is 253 g/mol. The summed E-state index contributed by atoms with van der Waals surface area (Å²) in [6.45, 7) is 5.72. The minimum absolute atomic E-state index is 0.0336. The molecule has 2 N–H and O–H groups in total. The molecule has 0 radical (unpaired) electrons. The average Bonchev–Trinajstić information content (AvgIpc) is 2.95. The number of hydrogen-bond acceptors (Lipinski definition) is 3. The second kappa shape index (κ2) is 4.42. The van der Waals surface area contributed by atoms with Gasteiger partial charge in [0.2, 0.25) is 5.91 Å². The van der Waals surface area contributed by atoms with Gasteiger partial charge in [0.1, 0.15) is 0 Å². The molecular formula is C13H19NO2S. The Morgan fingerprint density at radius 1 is 1.65 bits per heavy atom. The van der Waals surface area contributed by atoms with Gasteiger partial charge in [-0.1, -0.05) is 0 Å². The fraction of sp³-hybridized carbons (Fsp3) is 0.615. The van der Waals surface area contributed by atoms with Gasteiger partial charge in [0, 0.05) is 16.7 Å². The summed E-state index contributed by atoms with van der Waals surface area (Å²) in [7, 11) is 0. The van der Waals surface area contributed by atoms with E-state index in [1.54, 1.807) is 11.3 Å². The lowest BCUT2D eigenvalue weighted by molar-refractivity contribution is -0.124. The van der Waals surface area contributed by atoms with Gasteiger partial charge in [-0.2, -0.15) is 0 Å². The molecule has 0 bridgehead atoms. The number of nitrogens with one attached hydrogen (secondary N) is 1. The summed E-state index contributed by atoms with van der Waals surface area (Å²) >= 11 is 1.74. The molecule has 3 nitrogen and oxygen atoms in total. The first-order chi connectivity index (χ1) is 7.94. The molecular weight excluding hydrogens is 234 g/mol. The fourth-order valence-corrected chi connectivity index (χ4v) is 3.11. The first-order valence-corrected chi connectivity index (χ1v) is 6.79. The lowest BCUT2D eigenvalue weighted by atomic mass is 10.1. The first kappa shape index (κ1) is 12.6. The van der Waals surface area contributed by atoms with Crippen molar-refractivity contribution in [3.8, 4) is 0 Å². The minimum atomic E-state index is -0.519.